The van der Waals surface area contributed by atoms with Crippen LogP contribution < -0.4 is 5.32 Å². The predicted molar refractivity (Wildman–Crippen MR) is 86.0 cm³/mol. The summed E-state index contributed by atoms with van der Waals surface area (Å²) in [5, 5.41) is 3.51. The minimum Gasteiger partial charge on any atom is -0.319 e. The first kappa shape index (κ1) is 14.8. The number of rotatable bonds is 4. The van der Waals surface area contributed by atoms with Gasteiger partial charge in [-0.15, -0.1) is 0 Å². The minimum atomic E-state index is 0.590. The lowest BCUT2D eigenvalue weighted by atomic mass is 9.71. The fraction of sp³-hybridized carbons (Fsp3) is 1.00. The maximum atomic E-state index is 3.51. The van der Waals surface area contributed by atoms with E-state index in [-0.39, 0.29) is 0 Å². The maximum Gasteiger partial charge on any atom is 0.0124 e. The van der Waals surface area contributed by atoms with E-state index in [9.17, 15) is 0 Å². The van der Waals surface area contributed by atoms with E-state index in [0.717, 1.165) is 12.0 Å². The van der Waals surface area contributed by atoms with Crippen molar-refractivity contribution in [1.29, 1.82) is 0 Å². The van der Waals surface area contributed by atoms with Crippen molar-refractivity contribution < 1.29 is 0 Å². The molecule has 3 aliphatic rings. The molecule has 2 heteroatoms. The van der Waals surface area contributed by atoms with Crippen molar-refractivity contribution in [3.63, 3.8) is 0 Å². The maximum absolute atomic E-state index is 3.51. The molecule has 3 rings (SSSR count). The Balaban J connectivity index is 1.66. The highest BCUT2D eigenvalue weighted by Crippen LogP contribution is 2.41. The summed E-state index contributed by atoms with van der Waals surface area (Å²) < 4.78 is 0. The molecule has 1 heterocycles. The van der Waals surface area contributed by atoms with Gasteiger partial charge in [0, 0.05) is 19.1 Å². The lowest BCUT2D eigenvalue weighted by Crippen LogP contribution is -2.53. The van der Waals surface area contributed by atoms with Crippen molar-refractivity contribution in [2.24, 2.45) is 11.3 Å². The zero-order valence-corrected chi connectivity index (χ0v) is 13.5. The standard InChI is InChI=1S/C18H34N2/c1-19-14-18(11-5-2-6-12-18)15-20-13-7-9-16-8-3-4-10-17(16)20/h16-17,19H,2-15H2,1H3. The Bertz CT molecular complexity index is 288. The van der Waals surface area contributed by atoms with Crippen molar-refractivity contribution in [2.75, 3.05) is 26.7 Å². The van der Waals surface area contributed by atoms with Crippen molar-refractivity contribution in [1.82, 2.24) is 10.2 Å². The van der Waals surface area contributed by atoms with Crippen LogP contribution in [0.1, 0.15) is 70.6 Å². The zero-order chi connectivity index (χ0) is 13.8. The van der Waals surface area contributed by atoms with E-state index in [2.05, 4.69) is 17.3 Å². The van der Waals surface area contributed by atoms with Gasteiger partial charge in [-0.05, 0) is 63.5 Å². The first-order valence-electron chi connectivity index (χ1n) is 9.22. The molecule has 20 heavy (non-hydrogen) atoms. The highest BCUT2D eigenvalue weighted by molar-refractivity contribution is 4.93. The third-order valence-electron chi connectivity index (χ3n) is 6.36. The van der Waals surface area contributed by atoms with Crippen molar-refractivity contribution in [3.05, 3.63) is 0 Å². The van der Waals surface area contributed by atoms with E-state index in [1.165, 1.54) is 90.3 Å². The van der Waals surface area contributed by atoms with Crippen molar-refractivity contribution >= 4 is 0 Å². The lowest BCUT2D eigenvalue weighted by Gasteiger charge is -2.49. The van der Waals surface area contributed by atoms with Gasteiger partial charge in [0.2, 0.25) is 0 Å². The summed E-state index contributed by atoms with van der Waals surface area (Å²) in [5.41, 5.74) is 0.590. The molecule has 2 nitrogen and oxygen atoms in total. The topological polar surface area (TPSA) is 15.3 Å². The van der Waals surface area contributed by atoms with Gasteiger partial charge < -0.3 is 5.32 Å². The monoisotopic (exact) mass is 278 g/mol. The first-order chi connectivity index (χ1) is 9.83. The van der Waals surface area contributed by atoms with Gasteiger partial charge in [0.15, 0.2) is 0 Å². The second-order valence-electron chi connectivity index (χ2n) is 7.82. The first-order valence-corrected chi connectivity index (χ1v) is 9.22. The summed E-state index contributed by atoms with van der Waals surface area (Å²) in [4.78, 5) is 2.93. The molecule has 116 valence electrons. The van der Waals surface area contributed by atoms with Crippen LogP contribution in [-0.4, -0.2) is 37.6 Å². The van der Waals surface area contributed by atoms with Crippen LogP contribution >= 0.6 is 0 Å². The molecule has 1 saturated heterocycles. The molecule has 0 amide bonds. The summed E-state index contributed by atoms with van der Waals surface area (Å²) in [7, 11) is 2.15. The Hall–Kier alpha value is -0.0800. The number of hydrogen-bond acceptors (Lipinski definition) is 2. The minimum absolute atomic E-state index is 0.590. The number of nitrogens with one attached hydrogen (secondary N) is 1. The molecule has 2 atom stereocenters. The number of nitrogens with zero attached hydrogens (tertiary/aromatic N) is 1. The zero-order valence-electron chi connectivity index (χ0n) is 13.5. The van der Waals surface area contributed by atoms with Gasteiger partial charge in [0.05, 0.1) is 0 Å². The lowest BCUT2D eigenvalue weighted by molar-refractivity contribution is 0.0111. The van der Waals surface area contributed by atoms with Gasteiger partial charge in [-0.3, -0.25) is 4.90 Å². The Kier molecular flexibility index (Phi) is 5.04. The van der Waals surface area contributed by atoms with Crippen molar-refractivity contribution in [3.8, 4) is 0 Å². The second-order valence-corrected chi connectivity index (χ2v) is 7.82. The Morgan fingerprint density at radius 2 is 1.70 bits per heavy atom. The molecule has 3 fully saturated rings. The third kappa shape index (κ3) is 3.22. The summed E-state index contributed by atoms with van der Waals surface area (Å²) in [6.07, 6.45) is 16.3. The van der Waals surface area contributed by atoms with Crippen LogP contribution in [-0.2, 0) is 0 Å². The van der Waals surface area contributed by atoms with Gasteiger partial charge in [-0.25, -0.2) is 0 Å². The molecule has 1 aliphatic heterocycles. The fourth-order valence-electron chi connectivity index (χ4n) is 5.42. The molecular weight excluding hydrogens is 244 g/mol. The van der Waals surface area contributed by atoms with Crippen LogP contribution in [0.2, 0.25) is 0 Å². The van der Waals surface area contributed by atoms with Crippen LogP contribution in [0.3, 0.4) is 0 Å². The average molecular weight is 278 g/mol. The number of piperidine rings is 1. The van der Waals surface area contributed by atoms with E-state index >= 15 is 0 Å². The molecular formula is C18H34N2. The number of fused-ring (bicyclic) bond motifs is 1. The highest BCUT2D eigenvalue weighted by Gasteiger charge is 2.39. The van der Waals surface area contributed by atoms with Gasteiger partial charge in [0.25, 0.3) is 0 Å². The quantitative estimate of drug-likeness (QED) is 0.841. The molecule has 0 aromatic carbocycles. The normalized spacial score (nSPS) is 34.6. The molecule has 2 saturated carbocycles. The largest absolute Gasteiger partial charge is 0.319 e. The molecule has 2 aliphatic carbocycles. The molecule has 0 aromatic heterocycles. The number of hydrogen-bond donors (Lipinski definition) is 1. The summed E-state index contributed by atoms with van der Waals surface area (Å²) >= 11 is 0. The van der Waals surface area contributed by atoms with Crippen LogP contribution in [0.4, 0.5) is 0 Å². The molecule has 0 radical (unpaired) electrons. The van der Waals surface area contributed by atoms with Gasteiger partial charge >= 0.3 is 0 Å². The average Bonchev–Trinajstić information content (AvgIpc) is 2.49. The van der Waals surface area contributed by atoms with E-state index in [1.54, 1.807) is 0 Å². The van der Waals surface area contributed by atoms with Gasteiger partial charge in [-0.2, -0.15) is 0 Å². The van der Waals surface area contributed by atoms with Crippen molar-refractivity contribution in [2.45, 2.75) is 76.7 Å². The Morgan fingerprint density at radius 3 is 2.50 bits per heavy atom. The third-order valence-corrected chi connectivity index (χ3v) is 6.36. The van der Waals surface area contributed by atoms with E-state index < -0.39 is 0 Å². The molecule has 2 unspecified atom stereocenters. The summed E-state index contributed by atoms with van der Waals surface area (Å²) in [6.45, 7) is 4.00. The SMILES string of the molecule is CNCC1(CN2CCCC3CCCCC32)CCCCC1. The Labute approximate surface area is 125 Å². The summed E-state index contributed by atoms with van der Waals surface area (Å²) in [6, 6.07) is 0.938. The molecule has 1 N–H and O–H groups in total. The van der Waals surface area contributed by atoms with E-state index in [4.69, 9.17) is 0 Å². The molecule has 0 bridgehead atoms. The molecule has 0 spiro atoms. The fourth-order valence-corrected chi connectivity index (χ4v) is 5.42. The van der Waals surface area contributed by atoms with E-state index in [1.807, 2.05) is 0 Å². The van der Waals surface area contributed by atoms with Crippen LogP contribution in [0.15, 0.2) is 0 Å². The van der Waals surface area contributed by atoms with Gasteiger partial charge in [-0.1, -0.05) is 32.1 Å². The predicted octanol–water partition coefficient (Wildman–Crippen LogP) is 3.81. The van der Waals surface area contributed by atoms with Crippen LogP contribution in [0.25, 0.3) is 0 Å². The van der Waals surface area contributed by atoms with E-state index in [0.29, 0.717) is 5.41 Å². The smallest absolute Gasteiger partial charge is 0.0124 e. The van der Waals surface area contributed by atoms with Gasteiger partial charge in [0.1, 0.15) is 0 Å². The van der Waals surface area contributed by atoms with Crippen LogP contribution in [0, 0.1) is 11.3 Å². The Morgan fingerprint density at radius 1 is 0.950 bits per heavy atom. The summed E-state index contributed by atoms with van der Waals surface area (Å²) in [5.74, 6) is 1.03. The molecule has 0 aromatic rings. The van der Waals surface area contributed by atoms with Crippen LogP contribution in [0.5, 0.6) is 0 Å². The number of likely N-dealkylation sites (tertiary alicyclic amines) is 1. The highest BCUT2D eigenvalue weighted by atomic mass is 15.2. The second kappa shape index (κ2) is 6.79.